The van der Waals surface area contributed by atoms with E-state index in [9.17, 15) is 0 Å². The van der Waals surface area contributed by atoms with E-state index < -0.39 is 0 Å². The molecule has 14 heavy (non-hydrogen) atoms. The van der Waals surface area contributed by atoms with Crippen molar-refractivity contribution < 1.29 is 0 Å². The third kappa shape index (κ3) is 2.30. The van der Waals surface area contributed by atoms with Gasteiger partial charge in [0.2, 0.25) is 0 Å². The van der Waals surface area contributed by atoms with E-state index in [1.165, 1.54) is 14.0 Å². The average molecular weight is 268 g/mol. The Hall–Kier alpha value is -0.501. The fourth-order valence-corrected chi connectivity index (χ4v) is 4.65. The number of rotatable bonds is 1. The van der Waals surface area contributed by atoms with Crippen LogP contribution in [0.25, 0.3) is 0 Å². The molecule has 1 aliphatic rings. The third-order valence-corrected chi connectivity index (χ3v) is 5.80. The first-order valence-corrected chi connectivity index (χ1v) is 7.08. The summed E-state index contributed by atoms with van der Waals surface area (Å²) in [6, 6.07) is 8.25. The van der Waals surface area contributed by atoms with Gasteiger partial charge in [0.1, 0.15) is 0 Å². The number of aliphatic imine (C=N–C) groups is 1. The second kappa shape index (κ2) is 4.35. The molecule has 0 bridgehead atoms. The molecule has 0 radical (unpaired) electrons. The first kappa shape index (κ1) is 10.0. The molecular formula is C11H11NSSe. The van der Waals surface area contributed by atoms with E-state index >= 15 is 0 Å². The zero-order valence-electron chi connectivity index (χ0n) is 7.99. The number of hydrogen-bond donors (Lipinski definition) is 0. The number of thioether (sulfide) groups is 1. The second-order valence-corrected chi connectivity index (χ2v) is 7.09. The maximum atomic E-state index is 4.65. The van der Waals surface area contributed by atoms with Gasteiger partial charge >= 0.3 is 94.9 Å². The molecule has 3 heteroatoms. The first-order valence-electron chi connectivity index (χ1n) is 4.38. The zero-order chi connectivity index (χ0) is 9.97. The average Bonchev–Trinajstić information content (AvgIpc) is 2.56. The van der Waals surface area contributed by atoms with E-state index in [0.717, 1.165) is 11.4 Å². The number of nitrogens with zero attached hydrogens (tertiary/aromatic N) is 1. The molecule has 1 aliphatic heterocycles. The van der Waals surface area contributed by atoms with Gasteiger partial charge in [0.25, 0.3) is 0 Å². The van der Waals surface area contributed by atoms with Crippen LogP contribution in [0.3, 0.4) is 0 Å². The molecule has 1 aromatic carbocycles. The zero-order valence-corrected chi connectivity index (χ0v) is 10.5. The molecule has 72 valence electrons. The Labute approximate surface area is 94.9 Å². The molecule has 0 unspecified atom stereocenters. The van der Waals surface area contributed by atoms with Gasteiger partial charge in [-0.05, 0) is 0 Å². The molecule has 0 aliphatic carbocycles. The minimum absolute atomic E-state index is 0.410. The molecule has 0 aromatic heterocycles. The molecule has 1 heterocycles. The van der Waals surface area contributed by atoms with E-state index in [1.54, 1.807) is 0 Å². The molecule has 0 N–H and O–H groups in total. The molecule has 2 rings (SSSR count). The Bertz CT molecular complexity index is 398. The fraction of sp³-hybridized carbons (Fsp3) is 0.182. The summed E-state index contributed by atoms with van der Waals surface area (Å²) in [6.07, 6.45) is 0. The van der Waals surface area contributed by atoms with Gasteiger partial charge in [0.05, 0.1) is 0 Å². The third-order valence-electron chi connectivity index (χ3n) is 1.92. The fourth-order valence-electron chi connectivity index (χ4n) is 1.17. The van der Waals surface area contributed by atoms with Crippen molar-refractivity contribution in [2.24, 2.45) is 4.99 Å². The Morgan fingerprint density at radius 2 is 2.21 bits per heavy atom. The van der Waals surface area contributed by atoms with E-state index in [0.29, 0.717) is 15.0 Å². The van der Waals surface area contributed by atoms with Crippen molar-refractivity contribution in [3.05, 3.63) is 40.9 Å². The number of aryl methyl sites for hydroxylation is 1. The van der Waals surface area contributed by atoms with E-state index in [4.69, 9.17) is 0 Å². The molecule has 1 aromatic rings. The Morgan fingerprint density at radius 1 is 1.43 bits per heavy atom. The van der Waals surface area contributed by atoms with Crippen molar-refractivity contribution in [2.75, 3.05) is 5.75 Å². The predicted molar refractivity (Wildman–Crippen MR) is 65.6 cm³/mol. The van der Waals surface area contributed by atoms with Crippen LogP contribution in [0.1, 0.15) is 5.56 Å². The first-order chi connectivity index (χ1) is 6.75. The van der Waals surface area contributed by atoms with Crippen LogP contribution < -0.4 is 0 Å². The summed E-state index contributed by atoms with van der Waals surface area (Å²) in [5, 5.41) is 0. The summed E-state index contributed by atoms with van der Waals surface area (Å²) in [4.78, 5) is 4.65. The summed E-state index contributed by atoms with van der Waals surface area (Å²) in [6.45, 7) is 6.09. The number of hydrogen-bond acceptors (Lipinski definition) is 2. The quantitative estimate of drug-likeness (QED) is 0.713. The van der Waals surface area contributed by atoms with Crippen molar-refractivity contribution in [2.45, 2.75) is 6.92 Å². The molecule has 0 atom stereocenters. The standard InChI is InChI=1S/C11H11NSSe/c1-8-5-3-4-6-10(8)12-11-13-7-9(2)14-11/h3-6H,2,7H2,1H3. The molecular weight excluding hydrogens is 257 g/mol. The Kier molecular flexibility index (Phi) is 3.12. The SMILES string of the molecule is C=C1CSC(=Nc2ccccc2C)[Se]1. The van der Waals surface area contributed by atoms with Crippen LogP contribution in [0.4, 0.5) is 5.69 Å². The predicted octanol–water partition coefficient (Wildman–Crippen LogP) is 2.95. The normalized spacial score (nSPS) is 19.2. The minimum atomic E-state index is 0.410. The van der Waals surface area contributed by atoms with E-state index in [1.807, 2.05) is 23.9 Å². The van der Waals surface area contributed by atoms with Gasteiger partial charge in [-0.1, -0.05) is 0 Å². The van der Waals surface area contributed by atoms with Crippen LogP contribution in [0.2, 0.25) is 0 Å². The van der Waals surface area contributed by atoms with Crippen molar-refractivity contribution in [3.8, 4) is 0 Å². The second-order valence-electron chi connectivity index (χ2n) is 3.09. The van der Waals surface area contributed by atoms with Crippen LogP contribution in [0, 0.1) is 6.92 Å². The van der Waals surface area contributed by atoms with Crippen molar-refractivity contribution in [3.63, 3.8) is 0 Å². The van der Waals surface area contributed by atoms with Crippen molar-refractivity contribution in [1.82, 2.24) is 0 Å². The van der Waals surface area contributed by atoms with Gasteiger partial charge in [-0.15, -0.1) is 0 Å². The maximum absolute atomic E-state index is 4.65. The van der Waals surface area contributed by atoms with Gasteiger partial charge in [0, 0.05) is 0 Å². The molecule has 0 amide bonds. The summed E-state index contributed by atoms with van der Waals surface area (Å²) in [5.41, 5.74) is 2.35. The summed E-state index contributed by atoms with van der Waals surface area (Å²) >= 11 is 2.24. The van der Waals surface area contributed by atoms with Crippen LogP contribution in [0.15, 0.2) is 40.3 Å². The molecule has 0 spiro atoms. The van der Waals surface area contributed by atoms with Crippen LogP contribution in [0.5, 0.6) is 0 Å². The number of benzene rings is 1. The van der Waals surface area contributed by atoms with Crippen LogP contribution in [-0.4, -0.2) is 24.7 Å². The molecule has 1 nitrogen and oxygen atoms in total. The van der Waals surface area contributed by atoms with Gasteiger partial charge in [0.15, 0.2) is 0 Å². The Morgan fingerprint density at radius 3 is 2.86 bits per heavy atom. The molecule has 1 saturated heterocycles. The van der Waals surface area contributed by atoms with Gasteiger partial charge in [-0.3, -0.25) is 0 Å². The summed E-state index contributed by atoms with van der Waals surface area (Å²) in [7, 11) is 0. The topological polar surface area (TPSA) is 12.4 Å². The van der Waals surface area contributed by atoms with Crippen LogP contribution >= 0.6 is 11.8 Å². The monoisotopic (exact) mass is 269 g/mol. The molecule has 1 fully saturated rings. The van der Waals surface area contributed by atoms with Gasteiger partial charge < -0.3 is 0 Å². The Balaban J connectivity index is 2.25. The van der Waals surface area contributed by atoms with Crippen molar-refractivity contribution >= 4 is 36.3 Å². The summed E-state index contributed by atoms with van der Waals surface area (Å²) in [5.74, 6) is 1.06. The van der Waals surface area contributed by atoms with Crippen LogP contribution in [-0.2, 0) is 0 Å². The number of para-hydroxylation sites is 1. The van der Waals surface area contributed by atoms with E-state index in [-0.39, 0.29) is 0 Å². The van der Waals surface area contributed by atoms with Crippen molar-refractivity contribution in [1.29, 1.82) is 0 Å². The summed E-state index contributed by atoms with van der Waals surface area (Å²) < 4.78 is 2.60. The van der Waals surface area contributed by atoms with E-state index in [2.05, 4.69) is 30.6 Å². The molecule has 0 saturated carbocycles. The van der Waals surface area contributed by atoms with Gasteiger partial charge in [-0.2, -0.15) is 0 Å². The van der Waals surface area contributed by atoms with Gasteiger partial charge in [-0.25, -0.2) is 0 Å².